The first-order chi connectivity index (χ1) is 13.9. The number of nitrogens with two attached hydrogens (primary N) is 1. The highest BCUT2D eigenvalue weighted by Crippen LogP contribution is 2.37. The van der Waals surface area contributed by atoms with Crippen LogP contribution in [0.1, 0.15) is 26.5 Å². The van der Waals surface area contributed by atoms with E-state index in [4.69, 9.17) is 10.5 Å². The topological polar surface area (TPSA) is 77.2 Å². The number of nitrogen functional groups attached to an aromatic ring is 1. The van der Waals surface area contributed by atoms with E-state index in [0.717, 1.165) is 32.8 Å². The Morgan fingerprint density at radius 3 is 2.31 bits per heavy atom. The third-order valence-electron chi connectivity index (χ3n) is 4.97. The number of ether oxygens (including phenoxy) is 1. The molecular weight excluding hydrogens is 382 g/mol. The summed E-state index contributed by atoms with van der Waals surface area (Å²) in [7, 11) is 0. The van der Waals surface area contributed by atoms with Gasteiger partial charge in [-0.05, 0) is 68.3 Å². The zero-order chi connectivity index (χ0) is 20.5. The zero-order valence-corrected chi connectivity index (χ0v) is 17.3. The van der Waals surface area contributed by atoms with Crippen molar-refractivity contribution in [3.8, 4) is 11.5 Å². The number of para-hydroxylation sites is 1. The summed E-state index contributed by atoms with van der Waals surface area (Å²) in [6, 6.07) is 16.8. The monoisotopic (exact) mass is 403 g/mol. The lowest BCUT2D eigenvalue weighted by Gasteiger charge is -2.08. The number of benzene rings is 2. The Hall–Kier alpha value is -3.38. The number of nitrogens with zero attached hydrogens (tertiary/aromatic N) is 1. The molecule has 0 fully saturated rings. The second-order valence-corrected chi connectivity index (χ2v) is 7.86. The largest absolute Gasteiger partial charge is 0.457 e. The van der Waals surface area contributed by atoms with Gasteiger partial charge in [-0.3, -0.25) is 4.79 Å². The SMILES string of the molecule is Cc1nc2sc(C(=O)Nc3ccc(Oc4ccccc4)cc3)c(N)c2c(C)c1C. The fourth-order valence-electron chi connectivity index (χ4n) is 3.16. The molecule has 0 aliphatic carbocycles. The molecule has 0 bridgehead atoms. The van der Waals surface area contributed by atoms with E-state index in [1.54, 1.807) is 12.1 Å². The number of pyridine rings is 1. The van der Waals surface area contributed by atoms with Gasteiger partial charge < -0.3 is 15.8 Å². The number of amides is 1. The molecule has 0 unspecified atom stereocenters. The minimum absolute atomic E-state index is 0.239. The molecule has 0 aliphatic rings. The molecule has 3 N–H and O–H groups in total. The zero-order valence-electron chi connectivity index (χ0n) is 16.4. The maximum Gasteiger partial charge on any atom is 0.267 e. The van der Waals surface area contributed by atoms with Crippen LogP contribution in [0.5, 0.6) is 11.5 Å². The second kappa shape index (κ2) is 7.56. The third kappa shape index (κ3) is 3.67. The Morgan fingerprint density at radius 2 is 1.62 bits per heavy atom. The number of carbonyl (C=O) groups excluding carboxylic acids is 1. The summed E-state index contributed by atoms with van der Waals surface area (Å²) in [5, 5.41) is 3.78. The second-order valence-electron chi connectivity index (χ2n) is 6.87. The van der Waals surface area contributed by atoms with Crippen LogP contribution in [0.3, 0.4) is 0 Å². The number of anilines is 2. The third-order valence-corrected chi connectivity index (χ3v) is 6.07. The van der Waals surface area contributed by atoms with Crippen LogP contribution in [0.15, 0.2) is 54.6 Å². The van der Waals surface area contributed by atoms with Crippen LogP contribution in [0.25, 0.3) is 10.2 Å². The molecule has 6 heteroatoms. The van der Waals surface area contributed by atoms with Crippen LogP contribution in [-0.2, 0) is 0 Å². The maximum atomic E-state index is 12.8. The van der Waals surface area contributed by atoms with Crippen LogP contribution >= 0.6 is 11.3 Å². The summed E-state index contributed by atoms with van der Waals surface area (Å²) < 4.78 is 5.78. The molecule has 5 nitrogen and oxygen atoms in total. The predicted octanol–water partition coefficient (Wildman–Crippen LogP) is 5.85. The molecule has 2 aromatic carbocycles. The standard InChI is InChI=1S/C23H21N3O2S/c1-13-14(2)19-20(24)21(29-23(19)25-15(13)3)22(27)26-16-9-11-18(12-10-16)28-17-7-5-4-6-8-17/h4-12H,24H2,1-3H3,(H,26,27). The molecule has 146 valence electrons. The average molecular weight is 404 g/mol. The summed E-state index contributed by atoms with van der Waals surface area (Å²) in [6.45, 7) is 6.01. The highest BCUT2D eigenvalue weighted by Gasteiger charge is 2.20. The van der Waals surface area contributed by atoms with Gasteiger partial charge in [0.2, 0.25) is 0 Å². The summed E-state index contributed by atoms with van der Waals surface area (Å²) in [6.07, 6.45) is 0. The highest BCUT2D eigenvalue weighted by molar-refractivity contribution is 7.21. The molecule has 29 heavy (non-hydrogen) atoms. The van der Waals surface area contributed by atoms with E-state index < -0.39 is 0 Å². The van der Waals surface area contributed by atoms with E-state index in [-0.39, 0.29) is 5.91 Å². The molecule has 0 atom stereocenters. The molecular formula is C23H21N3O2S. The molecule has 0 radical (unpaired) electrons. The number of fused-ring (bicyclic) bond motifs is 1. The first kappa shape index (κ1) is 19.0. The summed E-state index contributed by atoms with van der Waals surface area (Å²) in [5.41, 5.74) is 10.6. The van der Waals surface area contributed by atoms with Crippen molar-refractivity contribution in [2.75, 3.05) is 11.1 Å². The lowest BCUT2D eigenvalue weighted by atomic mass is 10.1. The molecule has 4 rings (SSSR count). The van der Waals surface area contributed by atoms with Crippen molar-refractivity contribution in [2.45, 2.75) is 20.8 Å². The number of aromatic nitrogens is 1. The van der Waals surface area contributed by atoms with Gasteiger partial charge in [-0.25, -0.2) is 4.98 Å². The average Bonchev–Trinajstić information content (AvgIpc) is 3.05. The van der Waals surface area contributed by atoms with Crippen LogP contribution in [0, 0.1) is 20.8 Å². The lowest BCUT2D eigenvalue weighted by molar-refractivity contribution is 0.103. The van der Waals surface area contributed by atoms with Gasteiger partial charge in [0.25, 0.3) is 5.91 Å². The first-order valence-corrected chi connectivity index (χ1v) is 10.1. The van der Waals surface area contributed by atoms with E-state index in [9.17, 15) is 4.79 Å². The Morgan fingerprint density at radius 1 is 0.966 bits per heavy atom. The quantitative estimate of drug-likeness (QED) is 0.448. The summed E-state index contributed by atoms with van der Waals surface area (Å²) in [4.78, 5) is 18.7. The smallest absolute Gasteiger partial charge is 0.267 e. The van der Waals surface area contributed by atoms with E-state index in [2.05, 4.69) is 10.3 Å². The van der Waals surface area contributed by atoms with Gasteiger partial charge in [-0.15, -0.1) is 11.3 Å². The van der Waals surface area contributed by atoms with Crippen molar-refractivity contribution in [3.05, 3.63) is 76.3 Å². The number of rotatable bonds is 4. The van der Waals surface area contributed by atoms with Crippen molar-refractivity contribution in [1.29, 1.82) is 0 Å². The van der Waals surface area contributed by atoms with Crippen molar-refractivity contribution < 1.29 is 9.53 Å². The van der Waals surface area contributed by atoms with E-state index >= 15 is 0 Å². The summed E-state index contributed by atoms with van der Waals surface area (Å²) in [5.74, 6) is 1.22. The lowest BCUT2D eigenvalue weighted by Crippen LogP contribution is -2.11. The van der Waals surface area contributed by atoms with E-state index in [1.807, 2.05) is 63.2 Å². The van der Waals surface area contributed by atoms with Gasteiger partial charge in [-0.1, -0.05) is 18.2 Å². The van der Waals surface area contributed by atoms with Gasteiger partial charge in [-0.2, -0.15) is 0 Å². The van der Waals surface area contributed by atoms with Gasteiger partial charge in [0.1, 0.15) is 21.2 Å². The van der Waals surface area contributed by atoms with Gasteiger partial charge in [0.05, 0.1) is 5.69 Å². The van der Waals surface area contributed by atoms with Crippen LogP contribution in [0.4, 0.5) is 11.4 Å². The molecule has 0 aliphatic heterocycles. The fraction of sp³-hybridized carbons (Fsp3) is 0.130. The Bertz CT molecular complexity index is 1200. The Balaban J connectivity index is 1.55. The van der Waals surface area contributed by atoms with Crippen molar-refractivity contribution in [3.63, 3.8) is 0 Å². The van der Waals surface area contributed by atoms with Crippen LogP contribution in [0.2, 0.25) is 0 Å². The van der Waals surface area contributed by atoms with E-state index in [0.29, 0.717) is 22.0 Å². The first-order valence-electron chi connectivity index (χ1n) is 9.24. The molecule has 1 amide bonds. The predicted molar refractivity (Wildman–Crippen MR) is 119 cm³/mol. The normalized spacial score (nSPS) is 10.9. The van der Waals surface area contributed by atoms with Gasteiger partial charge >= 0.3 is 0 Å². The highest BCUT2D eigenvalue weighted by atomic mass is 32.1. The van der Waals surface area contributed by atoms with Crippen LogP contribution < -0.4 is 15.8 Å². The van der Waals surface area contributed by atoms with Crippen molar-refractivity contribution >= 4 is 38.8 Å². The number of hydrogen-bond acceptors (Lipinski definition) is 5. The molecule has 0 saturated heterocycles. The molecule has 2 heterocycles. The van der Waals surface area contributed by atoms with E-state index in [1.165, 1.54) is 11.3 Å². The number of aryl methyl sites for hydroxylation is 2. The van der Waals surface area contributed by atoms with Gasteiger partial charge in [0, 0.05) is 16.8 Å². The molecule has 0 saturated carbocycles. The minimum Gasteiger partial charge on any atom is -0.457 e. The van der Waals surface area contributed by atoms with Gasteiger partial charge in [0.15, 0.2) is 0 Å². The number of thiophene rings is 1. The molecule has 2 aromatic heterocycles. The number of carbonyl (C=O) groups is 1. The minimum atomic E-state index is -0.239. The Kier molecular flexibility index (Phi) is 4.94. The molecule has 0 spiro atoms. The summed E-state index contributed by atoms with van der Waals surface area (Å²) >= 11 is 1.32. The molecule has 4 aromatic rings. The number of hydrogen-bond donors (Lipinski definition) is 2. The van der Waals surface area contributed by atoms with Crippen molar-refractivity contribution in [2.24, 2.45) is 0 Å². The maximum absolute atomic E-state index is 12.8. The van der Waals surface area contributed by atoms with Crippen LogP contribution in [-0.4, -0.2) is 10.9 Å². The van der Waals surface area contributed by atoms with Crippen molar-refractivity contribution in [1.82, 2.24) is 4.98 Å². The number of nitrogens with one attached hydrogen (secondary N) is 1. The Labute approximate surface area is 173 Å². The fourth-order valence-corrected chi connectivity index (χ4v) is 4.25.